The second-order valence-corrected chi connectivity index (χ2v) is 7.76. The highest BCUT2D eigenvalue weighted by Gasteiger charge is 2.12. The maximum atomic E-state index is 11.5. The number of hydrogen-bond donors (Lipinski definition) is 2. The molecule has 0 aliphatic heterocycles. The summed E-state index contributed by atoms with van der Waals surface area (Å²) in [4.78, 5) is 2.61. The lowest BCUT2D eigenvalue weighted by molar-refractivity contribution is 0.597. The lowest BCUT2D eigenvalue weighted by Crippen LogP contribution is -2.13. The third kappa shape index (κ3) is 3.39. The molecule has 108 valence electrons. The van der Waals surface area contributed by atoms with E-state index in [4.69, 9.17) is 5.14 Å². The molecule has 2 rings (SSSR count). The van der Waals surface area contributed by atoms with E-state index in [1.54, 1.807) is 23.5 Å². The Morgan fingerprint density at radius 3 is 2.45 bits per heavy atom. The van der Waals surface area contributed by atoms with E-state index in [0.29, 0.717) is 6.54 Å². The number of rotatable bonds is 4. The molecule has 0 unspecified atom stereocenters. The van der Waals surface area contributed by atoms with E-state index in [2.05, 4.69) is 24.4 Å². The molecule has 0 radical (unpaired) electrons. The van der Waals surface area contributed by atoms with Crippen molar-refractivity contribution >= 4 is 27.0 Å². The van der Waals surface area contributed by atoms with E-state index in [0.717, 1.165) is 16.8 Å². The number of aryl methyl sites for hydroxylation is 2. The van der Waals surface area contributed by atoms with Crippen LogP contribution in [-0.2, 0) is 16.6 Å². The van der Waals surface area contributed by atoms with Gasteiger partial charge in [0, 0.05) is 22.0 Å². The molecule has 1 aromatic heterocycles. The number of anilines is 1. The van der Waals surface area contributed by atoms with E-state index in [-0.39, 0.29) is 4.90 Å². The Labute approximate surface area is 123 Å². The summed E-state index contributed by atoms with van der Waals surface area (Å²) in [5, 5.41) is 8.49. The van der Waals surface area contributed by atoms with Crippen LogP contribution in [0.25, 0.3) is 0 Å². The van der Waals surface area contributed by atoms with Gasteiger partial charge in [0.1, 0.15) is 0 Å². The highest BCUT2D eigenvalue weighted by atomic mass is 32.2. The Balaban J connectivity index is 2.29. The fraction of sp³-hybridized carbons (Fsp3) is 0.286. The first-order chi connectivity index (χ1) is 9.27. The van der Waals surface area contributed by atoms with Gasteiger partial charge in [0.2, 0.25) is 10.0 Å². The number of thiophene rings is 1. The third-order valence-corrected chi connectivity index (χ3v) is 5.11. The van der Waals surface area contributed by atoms with Gasteiger partial charge in [-0.1, -0.05) is 0 Å². The number of hydrogen-bond acceptors (Lipinski definition) is 4. The third-order valence-electron chi connectivity index (χ3n) is 3.22. The minimum Gasteiger partial charge on any atom is -0.380 e. The zero-order chi connectivity index (χ0) is 14.9. The minimum absolute atomic E-state index is 0.144. The Kier molecular flexibility index (Phi) is 4.17. The Morgan fingerprint density at radius 2 is 1.90 bits per heavy atom. The predicted octanol–water partition coefficient (Wildman–Crippen LogP) is 2.93. The van der Waals surface area contributed by atoms with Crippen molar-refractivity contribution < 1.29 is 8.42 Å². The molecule has 0 aliphatic carbocycles. The number of nitrogens with two attached hydrogens (primary N) is 1. The van der Waals surface area contributed by atoms with Crippen LogP contribution in [0.4, 0.5) is 5.69 Å². The SMILES string of the molecule is Cc1ccc(CNc2cc(S(N)(=O)=O)cc(C)c2C)s1. The van der Waals surface area contributed by atoms with Crippen LogP contribution in [0, 0.1) is 20.8 Å². The zero-order valence-electron chi connectivity index (χ0n) is 11.7. The molecule has 0 saturated carbocycles. The van der Waals surface area contributed by atoms with Crippen LogP contribution in [0.2, 0.25) is 0 Å². The van der Waals surface area contributed by atoms with Crippen molar-refractivity contribution in [3.8, 4) is 0 Å². The summed E-state index contributed by atoms with van der Waals surface area (Å²) >= 11 is 1.72. The van der Waals surface area contributed by atoms with Gasteiger partial charge in [-0.3, -0.25) is 0 Å². The Bertz CT molecular complexity index is 734. The maximum Gasteiger partial charge on any atom is 0.238 e. The van der Waals surface area contributed by atoms with Crippen LogP contribution >= 0.6 is 11.3 Å². The molecule has 3 N–H and O–H groups in total. The van der Waals surface area contributed by atoms with Crippen molar-refractivity contribution in [1.29, 1.82) is 0 Å². The van der Waals surface area contributed by atoms with Crippen molar-refractivity contribution in [2.24, 2.45) is 5.14 Å². The number of sulfonamides is 1. The minimum atomic E-state index is -3.68. The number of primary sulfonamides is 1. The van der Waals surface area contributed by atoms with Crippen molar-refractivity contribution in [2.75, 3.05) is 5.32 Å². The molecule has 0 amide bonds. The molecule has 0 aliphatic rings. The van der Waals surface area contributed by atoms with Gasteiger partial charge < -0.3 is 5.32 Å². The molecular formula is C14H18N2O2S2. The summed E-state index contributed by atoms with van der Waals surface area (Å²) in [6.45, 7) is 6.58. The molecule has 0 spiro atoms. The largest absolute Gasteiger partial charge is 0.380 e. The molecule has 2 aromatic rings. The summed E-state index contributed by atoms with van der Waals surface area (Å²) in [6.07, 6.45) is 0. The lowest BCUT2D eigenvalue weighted by Gasteiger charge is -2.13. The van der Waals surface area contributed by atoms with E-state index >= 15 is 0 Å². The smallest absolute Gasteiger partial charge is 0.238 e. The molecule has 6 heteroatoms. The van der Waals surface area contributed by atoms with Crippen LogP contribution in [0.1, 0.15) is 20.9 Å². The van der Waals surface area contributed by atoms with Crippen LogP contribution in [0.5, 0.6) is 0 Å². The maximum absolute atomic E-state index is 11.5. The first-order valence-corrected chi connectivity index (χ1v) is 8.57. The highest BCUT2D eigenvalue weighted by molar-refractivity contribution is 7.89. The van der Waals surface area contributed by atoms with E-state index in [9.17, 15) is 8.42 Å². The molecule has 1 heterocycles. The second kappa shape index (κ2) is 5.55. The quantitative estimate of drug-likeness (QED) is 0.912. The Hall–Kier alpha value is -1.37. The van der Waals surface area contributed by atoms with Crippen LogP contribution in [0.3, 0.4) is 0 Å². The standard InChI is InChI=1S/C14H18N2O2S2/c1-9-6-13(20(15,17)18)7-14(11(9)3)16-8-12-5-4-10(2)19-12/h4-7,16H,8H2,1-3H3,(H2,15,17,18). The van der Waals surface area contributed by atoms with Crippen molar-refractivity contribution in [3.05, 3.63) is 45.1 Å². The molecule has 1 aromatic carbocycles. The van der Waals surface area contributed by atoms with Gasteiger partial charge in [-0.15, -0.1) is 11.3 Å². The lowest BCUT2D eigenvalue weighted by atomic mass is 10.1. The normalized spacial score (nSPS) is 11.6. The fourth-order valence-corrected chi connectivity index (χ4v) is 3.39. The summed E-state index contributed by atoms with van der Waals surface area (Å²) < 4.78 is 23.0. The molecule has 0 saturated heterocycles. The average molecular weight is 310 g/mol. The second-order valence-electron chi connectivity index (χ2n) is 4.82. The van der Waals surface area contributed by atoms with Crippen molar-refractivity contribution in [3.63, 3.8) is 0 Å². The molecular weight excluding hydrogens is 292 g/mol. The molecule has 0 fully saturated rings. The summed E-state index contributed by atoms with van der Waals surface area (Å²) in [6, 6.07) is 7.34. The van der Waals surface area contributed by atoms with Crippen molar-refractivity contribution in [2.45, 2.75) is 32.2 Å². The fourth-order valence-electron chi connectivity index (χ4n) is 1.94. The first kappa shape index (κ1) is 15.0. The number of nitrogens with one attached hydrogen (secondary N) is 1. The average Bonchev–Trinajstić information content (AvgIpc) is 2.75. The van der Waals surface area contributed by atoms with Gasteiger partial charge in [0.05, 0.1) is 4.90 Å². The predicted molar refractivity (Wildman–Crippen MR) is 83.7 cm³/mol. The van der Waals surface area contributed by atoms with Crippen LogP contribution in [-0.4, -0.2) is 8.42 Å². The first-order valence-electron chi connectivity index (χ1n) is 6.20. The Morgan fingerprint density at radius 1 is 1.20 bits per heavy atom. The molecule has 0 bridgehead atoms. The highest BCUT2D eigenvalue weighted by Crippen LogP contribution is 2.25. The summed E-state index contributed by atoms with van der Waals surface area (Å²) in [5.74, 6) is 0. The zero-order valence-corrected chi connectivity index (χ0v) is 13.4. The van der Waals surface area contributed by atoms with Gasteiger partial charge in [0.15, 0.2) is 0 Å². The number of benzene rings is 1. The summed E-state index contributed by atoms with van der Waals surface area (Å²) in [7, 11) is -3.68. The van der Waals surface area contributed by atoms with E-state index < -0.39 is 10.0 Å². The molecule has 4 nitrogen and oxygen atoms in total. The molecule has 0 atom stereocenters. The van der Waals surface area contributed by atoms with Crippen molar-refractivity contribution in [1.82, 2.24) is 0 Å². The van der Waals surface area contributed by atoms with Gasteiger partial charge in [-0.25, -0.2) is 13.6 Å². The van der Waals surface area contributed by atoms with E-state index in [1.165, 1.54) is 9.75 Å². The van der Waals surface area contributed by atoms with Gasteiger partial charge in [-0.05, 0) is 56.2 Å². The summed E-state index contributed by atoms with van der Waals surface area (Å²) in [5.41, 5.74) is 2.74. The van der Waals surface area contributed by atoms with Gasteiger partial charge in [0.25, 0.3) is 0 Å². The van der Waals surface area contributed by atoms with Gasteiger partial charge >= 0.3 is 0 Å². The van der Waals surface area contributed by atoms with Gasteiger partial charge in [-0.2, -0.15) is 0 Å². The van der Waals surface area contributed by atoms with E-state index in [1.807, 2.05) is 13.8 Å². The topological polar surface area (TPSA) is 72.2 Å². The van der Waals surface area contributed by atoms with Crippen LogP contribution < -0.4 is 10.5 Å². The van der Waals surface area contributed by atoms with Crippen LogP contribution in [0.15, 0.2) is 29.2 Å². The molecule has 20 heavy (non-hydrogen) atoms. The monoisotopic (exact) mass is 310 g/mol.